The Hall–Kier alpha value is -2.84. The molecule has 0 atom stereocenters. The molecule has 0 aliphatic rings. The molecule has 21 heavy (non-hydrogen) atoms. The zero-order valence-corrected chi connectivity index (χ0v) is 10.3. The first kappa shape index (κ1) is 13.2. The van der Waals surface area contributed by atoms with Crippen LogP contribution >= 0.6 is 0 Å². The van der Waals surface area contributed by atoms with Crippen LogP contribution in [-0.2, 0) is 6.18 Å². The van der Waals surface area contributed by atoms with Gasteiger partial charge >= 0.3 is 6.18 Å². The third-order valence-electron chi connectivity index (χ3n) is 2.67. The maximum atomic E-state index is 12.5. The number of rotatable bonds is 2. The number of aromatic amines is 1. The van der Waals surface area contributed by atoms with Crippen LogP contribution in [0.5, 0.6) is 11.6 Å². The van der Waals surface area contributed by atoms with Crippen molar-refractivity contribution in [2.24, 2.45) is 0 Å². The number of fused-ring (bicyclic) bond motifs is 1. The zero-order chi connectivity index (χ0) is 15.0. The second-order valence-corrected chi connectivity index (χ2v) is 4.11. The van der Waals surface area contributed by atoms with Crippen molar-refractivity contribution >= 4 is 17.1 Å². The molecule has 3 rings (SSSR count). The molecule has 0 saturated carbocycles. The molecular weight excluding hydrogens is 287 g/mol. The van der Waals surface area contributed by atoms with Crippen LogP contribution in [0.1, 0.15) is 5.56 Å². The fourth-order valence-corrected chi connectivity index (χ4v) is 1.72. The first-order valence-electron chi connectivity index (χ1n) is 5.75. The molecule has 0 aliphatic heterocycles. The van der Waals surface area contributed by atoms with Crippen LogP contribution in [0.3, 0.4) is 0 Å². The van der Waals surface area contributed by atoms with Crippen LogP contribution in [0.2, 0.25) is 0 Å². The Balaban J connectivity index is 1.93. The third kappa shape index (κ3) is 2.57. The van der Waals surface area contributed by atoms with E-state index in [1.54, 1.807) is 0 Å². The van der Waals surface area contributed by atoms with Crippen molar-refractivity contribution in [1.82, 2.24) is 19.9 Å². The van der Waals surface area contributed by atoms with Gasteiger partial charge in [0.05, 0.1) is 11.9 Å². The summed E-state index contributed by atoms with van der Waals surface area (Å²) in [5, 5.41) is 0. The number of ether oxygens (including phenoxy) is 1. The van der Waals surface area contributed by atoms with Gasteiger partial charge in [-0.3, -0.25) is 0 Å². The van der Waals surface area contributed by atoms with Crippen LogP contribution in [-0.4, -0.2) is 19.9 Å². The summed E-state index contributed by atoms with van der Waals surface area (Å²) in [4.78, 5) is 14.5. The standard InChI is InChI=1S/C12H8F3N5O/c13-12(14,15)6-1-3-7(4-2-6)21-10-8-9(18-5-17-8)19-11(16)20-10/h1-5H,(H3,16,17,18,19,20). The van der Waals surface area contributed by atoms with Gasteiger partial charge in [-0.2, -0.15) is 23.1 Å². The van der Waals surface area contributed by atoms with Crippen molar-refractivity contribution in [3.05, 3.63) is 36.2 Å². The Bertz CT molecular complexity index is 782. The average Bonchev–Trinajstić information content (AvgIpc) is 2.86. The van der Waals surface area contributed by atoms with E-state index in [0.717, 1.165) is 12.1 Å². The van der Waals surface area contributed by atoms with Gasteiger partial charge in [-0.1, -0.05) is 0 Å². The number of hydrogen-bond acceptors (Lipinski definition) is 5. The van der Waals surface area contributed by atoms with Crippen LogP contribution in [0, 0.1) is 0 Å². The quantitative estimate of drug-likeness (QED) is 0.758. The van der Waals surface area contributed by atoms with Crippen LogP contribution in [0.4, 0.5) is 19.1 Å². The van der Waals surface area contributed by atoms with Gasteiger partial charge in [-0.05, 0) is 24.3 Å². The second-order valence-electron chi connectivity index (χ2n) is 4.11. The molecule has 0 unspecified atom stereocenters. The largest absolute Gasteiger partial charge is 0.437 e. The highest BCUT2D eigenvalue weighted by atomic mass is 19.4. The van der Waals surface area contributed by atoms with Gasteiger partial charge in [0.1, 0.15) is 11.3 Å². The van der Waals surface area contributed by atoms with E-state index < -0.39 is 11.7 Å². The molecule has 1 aromatic carbocycles. The van der Waals surface area contributed by atoms with Crippen LogP contribution < -0.4 is 10.5 Å². The first-order valence-corrected chi connectivity index (χ1v) is 5.75. The Morgan fingerprint density at radius 3 is 2.48 bits per heavy atom. The number of nitrogen functional groups attached to an aromatic ring is 1. The van der Waals surface area contributed by atoms with Crippen LogP contribution in [0.25, 0.3) is 11.2 Å². The Labute approximate surface area is 115 Å². The SMILES string of the molecule is Nc1nc(Oc2ccc(C(F)(F)F)cc2)c2[nH]cnc2n1. The number of anilines is 1. The number of nitrogens with two attached hydrogens (primary N) is 1. The van der Waals surface area contributed by atoms with Crippen molar-refractivity contribution in [3.8, 4) is 11.6 Å². The molecule has 0 radical (unpaired) electrons. The fourth-order valence-electron chi connectivity index (χ4n) is 1.72. The summed E-state index contributed by atoms with van der Waals surface area (Å²) in [7, 11) is 0. The van der Waals surface area contributed by atoms with E-state index in [0.29, 0.717) is 11.2 Å². The number of nitrogens with zero attached hydrogens (tertiary/aromatic N) is 3. The predicted octanol–water partition coefficient (Wildman–Crippen LogP) is 2.75. The Morgan fingerprint density at radius 1 is 1.10 bits per heavy atom. The van der Waals surface area contributed by atoms with Crippen molar-refractivity contribution < 1.29 is 17.9 Å². The number of alkyl halides is 3. The Kier molecular flexibility index (Phi) is 2.89. The maximum Gasteiger partial charge on any atom is 0.416 e. The van der Waals surface area contributed by atoms with E-state index in [1.807, 2.05) is 0 Å². The average molecular weight is 295 g/mol. The van der Waals surface area contributed by atoms with E-state index in [-0.39, 0.29) is 17.6 Å². The third-order valence-corrected chi connectivity index (χ3v) is 2.67. The normalized spacial score (nSPS) is 11.8. The number of H-pyrrole nitrogens is 1. The molecule has 2 aromatic heterocycles. The molecule has 108 valence electrons. The summed E-state index contributed by atoms with van der Waals surface area (Å²) in [6, 6.07) is 4.24. The van der Waals surface area contributed by atoms with Gasteiger partial charge in [0.15, 0.2) is 5.65 Å². The van der Waals surface area contributed by atoms with Gasteiger partial charge in [-0.25, -0.2) is 4.98 Å². The molecule has 9 heteroatoms. The van der Waals surface area contributed by atoms with E-state index in [1.165, 1.54) is 18.5 Å². The van der Waals surface area contributed by atoms with Crippen molar-refractivity contribution in [2.75, 3.05) is 5.73 Å². The molecule has 2 heterocycles. The summed E-state index contributed by atoms with van der Waals surface area (Å²) >= 11 is 0. The minimum absolute atomic E-state index is 0.0449. The number of benzene rings is 1. The van der Waals surface area contributed by atoms with Crippen molar-refractivity contribution in [1.29, 1.82) is 0 Å². The molecule has 0 amide bonds. The first-order chi connectivity index (χ1) is 9.93. The molecule has 6 nitrogen and oxygen atoms in total. The van der Waals surface area contributed by atoms with Gasteiger partial charge in [-0.15, -0.1) is 0 Å². The van der Waals surface area contributed by atoms with E-state index >= 15 is 0 Å². The number of aromatic nitrogens is 4. The molecule has 0 aliphatic carbocycles. The molecular formula is C12H8F3N5O. The van der Waals surface area contributed by atoms with E-state index in [2.05, 4.69) is 19.9 Å². The lowest BCUT2D eigenvalue weighted by molar-refractivity contribution is -0.137. The number of halogens is 3. The lowest BCUT2D eigenvalue weighted by atomic mass is 10.2. The summed E-state index contributed by atoms with van der Waals surface area (Å²) in [5.41, 5.74) is 5.47. The maximum absolute atomic E-state index is 12.5. The molecule has 0 fully saturated rings. The summed E-state index contributed by atoms with van der Waals surface area (Å²) in [6.07, 6.45) is -3.01. The minimum Gasteiger partial charge on any atom is -0.437 e. The Morgan fingerprint density at radius 2 is 1.81 bits per heavy atom. The molecule has 0 saturated heterocycles. The van der Waals surface area contributed by atoms with Gasteiger partial charge in [0.25, 0.3) is 5.88 Å². The summed E-state index contributed by atoms with van der Waals surface area (Å²) in [6.45, 7) is 0. The lowest BCUT2D eigenvalue weighted by Gasteiger charge is -2.09. The highest BCUT2D eigenvalue weighted by Gasteiger charge is 2.30. The highest BCUT2D eigenvalue weighted by Crippen LogP contribution is 2.32. The number of imidazole rings is 1. The number of hydrogen-bond donors (Lipinski definition) is 2. The molecule has 3 N–H and O–H groups in total. The van der Waals surface area contributed by atoms with Gasteiger partial charge in [0, 0.05) is 0 Å². The lowest BCUT2D eigenvalue weighted by Crippen LogP contribution is -2.04. The molecule has 0 spiro atoms. The van der Waals surface area contributed by atoms with E-state index in [9.17, 15) is 13.2 Å². The van der Waals surface area contributed by atoms with Crippen molar-refractivity contribution in [3.63, 3.8) is 0 Å². The highest BCUT2D eigenvalue weighted by molar-refractivity contribution is 5.77. The van der Waals surface area contributed by atoms with Gasteiger partial charge in [0.2, 0.25) is 5.95 Å². The molecule has 3 aromatic rings. The zero-order valence-electron chi connectivity index (χ0n) is 10.3. The predicted molar refractivity (Wildman–Crippen MR) is 67.6 cm³/mol. The monoisotopic (exact) mass is 295 g/mol. The minimum atomic E-state index is -4.39. The summed E-state index contributed by atoms with van der Waals surface area (Å²) in [5.74, 6) is 0.239. The number of nitrogens with one attached hydrogen (secondary N) is 1. The van der Waals surface area contributed by atoms with Crippen molar-refractivity contribution in [2.45, 2.75) is 6.18 Å². The fraction of sp³-hybridized carbons (Fsp3) is 0.0833. The smallest absolute Gasteiger partial charge is 0.416 e. The summed E-state index contributed by atoms with van der Waals surface area (Å²) < 4.78 is 42.9. The molecule has 0 bridgehead atoms. The second kappa shape index (κ2) is 4.62. The topological polar surface area (TPSA) is 89.7 Å². The van der Waals surface area contributed by atoms with Crippen LogP contribution in [0.15, 0.2) is 30.6 Å². The van der Waals surface area contributed by atoms with E-state index in [4.69, 9.17) is 10.5 Å². The van der Waals surface area contributed by atoms with Gasteiger partial charge < -0.3 is 15.5 Å².